The number of rotatable bonds is 1. The van der Waals surface area contributed by atoms with Crippen molar-refractivity contribution < 1.29 is 18.3 Å². The standard InChI is InChI=1S/C14H7BrF3NOS/c15-9-3-1-7(5-11(9)20)13-19-10-6-8(14(16,17)18)2-4-12(10)21-13/h1-6,20H. The van der Waals surface area contributed by atoms with Gasteiger partial charge in [0, 0.05) is 5.56 Å². The highest BCUT2D eigenvalue weighted by atomic mass is 79.9. The number of fused-ring (bicyclic) bond motifs is 1. The maximum absolute atomic E-state index is 12.7. The second kappa shape index (κ2) is 4.99. The van der Waals surface area contributed by atoms with Gasteiger partial charge in [-0.3, -0.25) is 0 Å². The molecule has 7 heteroatoms. The Balaban J connectivity index is 2.10. The van der Waals surface area contributed by atoms with Crippen LogP contribution in [0.25, 0.3) is 20.8 Å². The van der Waals surface area contributed by atoms with E-state index in [9.17, 15) is 18.3 Å². The van der Waals surface area contributed by atoms with E-state index in [4.69, 9.17) is 0 Å². The summed E-state index contributed by atoms with van der Waals surface area (Å²) in [6, 6.07) is 8.42. The lowest BCUT2D eigenvalue weighted by molar-refractivity contribution is -0.137. The number of benzene rings is 2. The third kappa shape index (κ3) is 2.75. The van der Waals surface area contributed by atoms with Gasteiger partial charge in [-0.15, -0.1) is 11.3 Å². The predicted molar refractivity (Wildman–Crippen MR) is 79.4 cm³/mol. The first kappa shape index (κ1) is 14.3. The number of phenols is 1. The van der Waals surface area contributed by atoms with E-state index >= 15 is 0 Å². The average Bonchev–Trinajstić information content (AvgIpc) is 2.83. The molecule has 0 atom stereocenters. The van der Waals surface area contributed by atoms with Gasteiger partial charge in [-0.2, -0.15) is 13.2 Å². The molecule has 0 aliphatic rings. The summed E-state index contributed by atoms with van der Waals surface area (Å²) in [5.74, 6) is 0.0581. The van der Waals surface area contributed by atoms with Crippen LogP contribution in [0.1, 0.15) is 5.56 Å². The first-order valence-electron chi connectivity index (χ1n) is 5.81. The molecule has 1 N–H and O–H groups in total. The molecule has 1 aromatic heterocycles. The van der Waals surface area contributed by atoms with Crippen molar-refractivity contribution in [1.82, 2.24) is 4.98 Å². The Kier molecular flexibility index (Phi) is 3.41. The number of aromatic nitrogens is 1. The van der Waals surface area contributed by atoms with Crippen LogP contribution < -0.4 is 0 Å². The molecular weight excluding hydrogens is 367 g/mol. The summed E-state index contributed by atoms with van der Waals surface area (Å²) in [5.41, 5.74) is 0.239. The number of alkyl halides is 3. The summed E-state index contributed by atoms with van der Waals surface area (Å²) in [7, 11) is 0. The SMILES string of the molecule is Oc1cc(-c2nc3cc(C(F)(F)F)ccc3s2)ccc1Br. The van der Waals surface area contributed by atoms with E-state index in [1.165, 1.54) is 23.5 Å². The number of aromatic hydroxyl groups is 1. The third-order valence-corrected chi connectivity index (χ3v) is 4.66. The van der Waals surface area contributed by atoms with Gasteiger partial charge in [-0.25, -0.2) is 4.98 Å². The molecular formula is C14H7BrF3NOS. The molecule has 108 valence electrons. The van der Waals surface area contributed by atoms with Crippen LogP contribution in [0.15, 0.2) is 40.9 Å². The smallest absolute Gasteiger partial charge is 0.416 e. The number of halogens is 4. The summed E-state index contributed by atoms with van der Waals surface area (Å²) in [4.78, 5) is 4.22. The van der Waals surface area contributed by atoms with Crippen molar-refractivity contribution in [1.29, 1.82) is 0 Å². The summed E-state index contributed by atoms with van der Waals surface area (Å²) in [5, 5.41) is 10.2. The molecule has 0 spiro atoms. The lowest BCUT2D eigenvalue weighted by atomic mass is 10.2. The zero-order chi connectivity index (χ0) is 15.2. The Hall–Kier alpha value is -1.60. The van der Waals surface area contributed by atoms with Gasteiger partial charge in [0.2, 0.25) is 0 Å². The van der Waals surface area contributed by atoms with Gasteiger partial charge in [-0.05, 0) is 46.3 Å². The quantitative estimate of drug-likeness (QED) is 0.615. The molecule has 0 unspecified atom stereocenters. The number of thiazole rings is 1. The third-order valence-electron chi connectivity index (χ3n) is 2.91. The topological polar surface area (TPSA) is 33.1 Å². The van der Waals surface area contributed by atoms with Crippen LogP contribution in [0.4, 0.5) is 13.2 Å². The maximum atomic E-state index is 12.7. The van der Waals surface area contributed by atoms with Gasteiger partial charge >= 0.3 is 6.18 Å². The summed E-state index contributed by atoms with van der Waals surface area (Å²) < 4.78 is 39.3. The van der Waals surface area contributed by atoms with Gasteiger partial charge < -0.3 is 5.11 Å². The summed E-state index contributed by atoms with van der Waals surface area (Å²) in [6.07, 6.45) is -4.38. The van der Waals surface area contributed by atoms with E-state index in [0.717, 1.165) is 12.1 Å². The Morgan fingerprint density at radius 2 is 1.86 bits per heavy atom. The van der Waals surface area contributed by atoms with Crippen molar-refractivity contribution in [2.75, 3.05) is 0 Å². The molecule has 2 aromatic carbocycles. The van der Waals surface area contributed by atoms with Crippen LogP contribution in [-0.4, -0.2) is 10.1 Å². The first-order valence-corrected chi connectivity index (χ1v) is 7.42. The van der Waals surface area contributed by atoms with Crippen LogP contribution in [0.5, 0.6) is 5.75 Å². The van der Waals surface area contributed by atoms with E-state index in [1.807, 2.05) is 0 Å². The molecule has 0 saturated heterocycles. The lowest BCUT2D eigenvalue weighted by Gasteiger charge is -2.04. The largest absolute Gasteiger partial charge is 0.507 e. The molecule has 0 fully saturated rings. The second-order valence-electron chi connectivity index (χ2n) is 4.37. The molecule has 3 aromatic rings. The fourth-order valence-corrected chi connectivity index (χ4v) is 3.06. The molecule has 3 rings (SSSR count). The highest BCUT2D eigenvalue weighted by Crippen LogP contribution is 2.37. The van der Waals surface area contributed by atoms with Crippen LogP contribution in [-0.2, 0) is 6.18 Å². The molecule has 0 radical (unpaired) electrons. The Labute approximate surface area is 130 Å². The molecule has 21 heavy (non-hydrogen) atoms. The van der Waals surface area contributed by atoms with E-state index in [1.54, 1.807) is 12.1 Å². The zero-order valence-electron chi connectivity index (χ0n) is 10.3. The minimum Gasteiger partial charge on any atom is -0.507 e. The molecule has 2 nitrogen and oxygen atoms in total. The van der Waals surface area contributed by atoms with Gasteiger partial charge in [0.25, 0.3) is 0 Å². The zero-order valence-corrected chi connectivity index (χ0v) is 12.7. The molecule has 0 amide bonds. The molecule has 0 aliphatic carbocycles. The van der Waals surface area contributed by atoms with Gasteiger partial charge in [0.1, 0.15) is 10.8 Å². The fraction of sp³-hybridized carbons (Fsp3) is 0.0714. The maximum Gasteiger partial charge on any atom is 0.416 e. The van der Waals surface area contributed by atoms with Crippen LogP contribution in [0.3, 0.4) is 0 Å². The number of hydrogen-bond acceptors (Lipinski definition) is 3. The van der Waals surface area contributed by atoms with Gasteiger partial charge in [0.15, 0.2) is 0 Å². The molecule has 0 aliphatic heterocycles. The van der Waals surface area contributed by atoms with E-state index in [0.29, 0.717) is 25.3 Å². The van der Waals surface area contributed by atoms with Crippen molar-refractivity contribution in [2.24, 2.45) is 0 Å². The normalized spacial score (nSPS) is 12.0. The van der Waals surface area contributed by atoms with Crippen LogP contribution >= 0.6 is 27.3 Å². The van der Waals surface area contributed by atoms with Crippen LogP contribution in [0, 0.1) is 0 Å². The number of phenolic OH excluding ortho intramolecular Hbond substituents is 1. The minimum absolute atomic E-state index is 0.0581. The fourth-order valence-electron chi connectivity index (χ4n) is 1.87. The van der Waals surface area contributed by atoms with Crippen LogP contribution in [0.2, 0.25) is 0 Å². The number of nitrogens with zero attached hydrogens (tertiary/aromatic N) is 1. The summed E-state index contributed by atoms with van der Waals surface area (Å²) >= 11 is 4.46. The molecule has 0 bridgehead atoms. The molecule has 1 heterocycles. The van der Waals surface area contributed by atoms with E-state index in [2.05, 4.69) is 20.9 Å². The Morgan fingerprint density at radius 3 is 2.52 bits per heavy atom. The predicted octanol–water partition coefficient (Wildman–Crippen LogP) is 5.45. The second-order valence-corrected chi connectivity index (χ2v) is 6.25. The summed E-state index contributed by atoms with van der Waals surface area (Å²) in [6.45, 7) is 0. The Morgan fingerprint density at radius 1 is 1.10 bits per heavy atom. The van der Waals surface area contributed by atoms with Crippen molar-refractivity contribution >= 4 is 37.5 Å². The Bertz CT molecular complexity index is 829. The lowest BCUT2D eigenvalue weighted by Crippen LogP contribution is -2.03. The monoisotopic (exact) mass is 373 g/mol. The minimum atomic E-state index is -4.38. The van der Waals surface area contributed by atoms with Gasteiger partial charge in [0.05, 0.1) is 20.3 Å². The van der Waals surface area contributed by atoms with E-state index < -0.39 is 11.7 Å². The highest BCUT2D eigenvalue weighted by molar-refractivity contribution is 9.10. The number of hydrogen-bond donors (Lipinski definition) is 1. The van der Waals surface area contributed by atoms with Crippen molar-refractivity contribution in [3.8, 4) is 16.3 Å². The van der Waals surface area contributed by atoms with Gasteiger partial charge in [-0.1, -0.05) is 6.07 Å². The van der Waals surface area contributed by atoms with Crippen molar-refractivity contribution in [3.05, 3.63) is 46.4 Å². The first-order chi connectivity index (χ1) is 9.84. The van der Waals surface area contributed by atoms with Crippen molar-refractivity contribution in [2.45, 2.75) is 6.18 Å². The van der Waals surface area contributed by atoms with E-state index in [-0.39, 0.29) is 5.75 Å². The highest BCUT2D eigenvalue weighted by Gasteiger charge is 2.30. The van der Waals surface area contributed by atoms with Crippen molar-refractivity contribution in [3.63, 3.8) is 0 Å². The average molecular weight is 374 g/mol. The molecule has 0 saturated carbocycles.